The van der Waals surface area contributed by atoms with Crippen LogP contribution in [0.1, 0.15) is 5.56 Å². The lowest BCUT2D eigenvalue weighted by Gasteiger charge is -1.85. The van der Waals surface area contributed by atoms with Crippen molar-refractivity contribution in [3.05, 3.63) is 65.5 Å². The third-order valence-electron chi connectivity index (χ3n) is 1.48. The van der Waals surface area contributed by atoms with Crippen LogP contribution in [0, 0.1) is 0 Å². The normalized spacial score (nSPS) is 8.57. The molecular weight excluding hydrogens is 178 g/mol. The maximum Gasteiger partial charge on any atom is 0.416 e. The van der Waals surface area contributed by atoms with Gasteiger partial charge in [-0.3, -0.25) is 4.98 Å². The Bertz CT molecular complexity index is 397. The van der Waals surface area contributed by atoms with Crippen molar-refractivity contribution in [1.29, 1.82) is 0 Å². The number of benzene rings is 1. The van der Waals surface area contributed by atoms with Crippen LogP contribution in [0.15, 0.2) is 58.6 Å². The van der Waals surface area contributed by atoms with E-state index in [0.717, 1.165) is 0 Å². The van der Waals surface area contributed by atoms with Crippen LogP contribution in [0.25, 0.3) is 6.08 Å². The molecule has 1 heterocycles. The predicted octanol–water partition coefficient (Wildman–Crippen LogP) is 2.30. The minimum absolute atomic E-state index is 0.407. The van der Waals surface area contributed by atoms with Crippen LogP contribution in [-0.2, 0) is 0 Å². The predicted molar refractivity (Wildman–Crippen MR) is 55.9 cm³/mol. The average molecular weight is 189 g/mol. The highest BCUT2D eigenvalue weighted by Gasteiger charge is 1.75. The first kappa shape index (κ1) is 10.1. The highest BCUT2D eigenvalue weighted by molar-refractivity contribution is 5.45. The van der Waals surface area contributed by atoms with Gasteiger partial charge in [0.1, 0.15) is 6.26 Å². The molecule has 0 unspecified atom stereocenters. The Hall–Kier alpha value is -2.03. The number of hydrogen-bond donors (Lipinski definition) is 1. The monoisotopic (exact) mass is 189 g/mol. The Morgan fingerprint density at radius 3 is 2.29 bits per heavy atom. The third kappa shape index (κ3) is 3.58. The van der Waals surface area contributed by atoms with Crippen molar-refractivity contribution in [2.45, 2.75) is 0 Å². The molecule has 1 aromatic heterocycles. The molecule has 3 nitrogen and oxygen atoms in total. The van der Waals surface area contributed by atoms with E-state index >= 15 is 0 Å². The lowest BCUT2D eigenvalue weighted by atomic mass is 10.2. The molecule has 0 atom stereocenters. The van der Waals surface area contributed by atoms with Crippen LogP contribution in [-0.4, -0.2) is 4.98 Å². The molecule has 1 N–H and O–H groups in total. The summed E-state index contributed by atoms with van der Waals surface area (Å²) in [5.41, 5.74) is 1.17. The number of H-pyrrole nitrogens is 1. The summed E-state index contributed by atoms with van der Waals surface area (Å²) in [7, 11) is 0. The minimum Gasteiger partial charge on any atom is -0.417 e. The van der Waals surface area contributed by atoms with Gasteiger partial charge in [0.05, 0.1) is 0 Å². The van der Waals surface area contributed by atoms with Gasteiger partial charge in [0, 0.05) is 6.20 Å². The van der Waals surface area contributed by atoms with Crippen molar-refractivity contribution in [1.82, 2.24) is 4.98 Å². The van der Waals surface area contributed by atoms with Gasteiger partial charge in [-0.2, -0.15) is 0 Å². The van der Waals surface area contributed by atoms with Crippen molar-refractivity contribution in [2.75, 3.05) is 0 Å². The van der Waals surface area contributed by atoms with Crippen LogP contribution >= 0.6 is 0 Å². The fourth-order valence-corrected chi connectivity index (χ4v) is 0.821. The summed E-state index contributed by atoms with van der Waals surface area (Å²) >= 11 is 0. The molecule has 3 heteroatoms. The molecule has 0 spiro atoms. The summed E-state index contributed by atoms with van der Waals surface area (Å²) < 4.78 is 4.22. The lowest BCUT2D eigenvalue weighted by molar-refractivity contribution is 0.515. The molecule has 72 valence electrons. The zero-order valence-corrected chi connectivity index (χ0v) is 7.64. The Balaban J connectivity index is 0.000000146. The van der Waals surface area contributed by atoms with E-state index in [1.165, 1.54) is 18.0 Å². The number of aromatic nitrogens is 1. The first-order valence-electron chi connectivity index (χ1n) is 4.12. The fraction of sp³-hybridized carbons (Fsp3) is 0. The standard InChI is InChI=1S/C8H8.C3H3NO2/c1-2-8-6-4-3-5-7-8;5-3-4-1-2-6-3/h2-7H,1H2;1-2H,(H,4,5). The van der Waals surface area contributed by atoms with Gasteiger partial charge < -0.3 is 4.42 Å². The van der Waals surface area contributed by atoms with Gasteiger partial charge in [-0.15, -0.1) is 0 Å². The van der Waals surface area contributed by atoms with Crippen LogP contribution in [0.2, 0.25) is 0 Å². The largest absolute Gasteiger partial charge is 0.417 e. The highest BCUT2D eigenvalue weighted by atomic mass is 16.4. The van der Waals surface area contributed by atoms with E-state index in [2.05, 4.69) is 16.0 Å². The Morgan fingerprint density at radius 1 is 1.29 bits per heavy atom. The SMILES string of the molecule is C=Cc1ccccc1.O=c1[nH]cco1. The van der Waals surface area contributed by atoms with E-state index in [9.17, 15) is 4.79 Å². The molecule has 0 fully saturated rings. The summed E-state index contributed by atoms with van der Waals surface area (Å²) in [6.07, 6.45) is 4.56. The molecule has 0 aliphatic heterocycles. The van der Waals surface area contributed by atoms with E-state index < -0.39 is 5.76 Å². The highest BCUT2D eigenvalue weighted by Crippen LogP contribution is 1.97. The molecule has 0 bridgehead atoms. The molecule has 0 saturated heterocycles. The number of rotatable bonds is 1. The topological polar surface area (TPSA) is 46.0 Å². The van der Waals surface area contributed by atoms with Crippen molar-refractivity contribution in [3.8, 4) is 0 Å². The second kappa shape index (κ2) is 5.59. The zero-order valence-electron chi connectivity index (χ0n) is 7.64. The van der Waals surface area contributed by atoms with Crippen LogP contribution < -0.4 is 5.76 Å². The molecule has 0 aliphatic rings. The summed E-state index contributed by atoms with van der Waals surface area (Å²) in [5, 5.41) is 0. The van der Waals surface area contributed by atoms with Gasteiger partial charge in [-0.25, -0.2) is 4.79 Å². The summed E-state index contributed by atoms with van der Waals surface area (Å²) in [5.74, 6) is -0.407. The molecule has 0 aliphatic carbocycles. The molecular formula is C11H11NO2. The van der Waals surface area contributed by atoms with Crippen LogP contribution in [0.4, 0.5) is 0 Å². The van der Waals surface area contributed by atoms with E-state index in [0.29, 0.717) is 0 Å². The Morgan fingerprint density at radius 2 is 2.00 bits per heavy atom. The zero-order chi connectivity index (χ0) is 10.2. The lowest BCUT2D eigenvalue weighted by Crippen LogP contribution is -1.91. The molecule has 0 saturated carbocycles. The first-order valence-corrected chi connectivity index (χ1v) is 4.12. The van der Waals surface area contributed by atoms with Gasteiger partial charge in [0.2, 0.25) is 0 Å². The maximum atomic E-state index is 9.85. The van der Waals surface area contributed by atoms with Crippen LogP contribution in [0.5, 0.6) is 0 Å². The molecule has 14 heavy (non-hydrogen) atoms. The molecule has 0 radical (unpaired) electrons. The third-order valence-corrected chi connectivity index (χ3v) is 1.48. The van der Waals surface area contributed by atoms with Gasteiger partial charge >= 0.3 is 5.76 Å². The smallest absolute Gasteiger partial charge is 0.416 e. The van der Waals surface area contributed by atoms with Crippen LogP contribution in [0.3, 0.4) is 0 Å². The first-order chi connectivity index (χ1) is 6.83. The summed E-state index contributed by atoms with van der Waals surface area (Å²) in [6, 6.07) is 10.0. The van der Waals surface area contributed by atoms with Crippen molar-refractivity contribution < 1.29 is 4.42 Å². The average Bonchev–Trinajstić information content (AvgIpc) is 2.71. The number of oxazole rings is 1. The van der Waals surface area contributed by atoms with Gasteiger partial charge in [-0.1, -0.05) is 43.0 Å². The van der Waals surface area contributed by atoms with Crippen molar-refractivity contribution >= 4 is 6.08 Å². The Kier molecular flexibility index (Phi) is 4.01. The quantitative estimate of drug-likeness (QED) is 0.748. The van der Waals surface area contributed by atoms with Crippen molar-refractivity contribution in [2.24, 2.45) is 0 Å². The number of hydrogen-bond acceptors (Lipinski definition) is 2. The minimum atomic E-state index is -0.407. The van der Waals surface area contributed by atoms with E-state index in [4.69, 9.17) is 0 Å². The van der Waals surface area contributed by atoms with E-state index in [-0.39, 0.29) is 0 Å². The summed E-state index contributed by atoms with van der Waals surface area (Å²) in [6.45, 7) is 3.63. The number of nitrogens with one attached hydrogen (secondary N) is 1. The van der Waals surface area contributed by atoms with E-state index in [1.54, 1.807) is 0 Å². The number of aromatic amines is 1. The van der Waals surface area contributed by atoms with Gasteiger partial charge in [0.25, 0.3) is 0 Å². The summed E-state index contributed by atoms with van der Waals surface area (Å²) in [4.78, 5) is 12.1. The second-order valence-corrected chi connectivity index (χ2v) is 2.47. The molecule has 2 aromatic rings. The fourth-order valence-electron chi connectivity index (χ4n) is 0.821. The maximum absolute atomic E-state index is 9.85. The van der Waals surface area contributed by atoms with E-state index in [1.807, 2.05) is 36.4 Å². The molecule has 2 rings (SSSR count). The van der Waals surface area contributed by atoms with Gasteiger partial charge in [0.15, 0.2) is 0 Å². The van der Waals surface area contributed by atoms with Gasteiger partial charge in [-0.05, 0) is 5.56 Å². The Labute approximate surface area is 81.7 Å². The van der Waals surface area contributed by atoms with Crippen molar-refractivity contribution in [3.63, 3.8) is 0 Å². The second-order valence-electron chi connectivity index (χ2n) is 2.47. The molecule has 1 aromatic carbocycles. The molecule has 0 amide bonds.